The fraction of sp³-hybridized carbons (Fsp3) is 0.625. The summed E-state index contributed by atoms with van der Waals surface area (Å²) < 4.78 is 5.65. The van der Waals surface area contributed by atoms with Gasteiger partial charge in [0.05, 0.1) is 0 Å². The molecule has 0 radical (unpaired) electrons. The summed E-state index contributed by atoms with van der Waals surface area (Å²) in [5.74, 6) is 0.839. The second-order valence-electron chi connectivity index (χ2n) is 5.62. The van der Waals surface area contributed by atoms with Gasteiger partial charge in [-0.05, 0) is 50.9 Å². The summed E-state index contributed by atoms with van der Waals surface area (Å²) >= 11 is 0. The highest BCUT2D eigenvalue weighted by Crippen LogP contribution is 2.17. The van der Waals surface area contributed by atoms with Gasteiger partial charge in [0.2, 0.25) is 0 Å². The smallest absolute Gasteiger partial charge is 0.119 e. The molecule has 0 aromatic heterocycles. The summed E-state index contributed by atoms with van der Waals surface area (Å²) in [6.07, 6.45) is 3.38. The molecule has 1 aromatic carbocycles. The van der Waals surface area contributed by atoms with Gasteiger partial charge >= 0.3 is 0 Å². The fourth-order valence-electron chi connectivity index (χ4n) is 2.65. The quantitative estimate of drug-likeness (QED) is 0.886. The number of rotatable bonds is 5. The summed E-state index contributed by atoms with van der Waals surface area (Å²) in [6.45, 7) is 6.47. The van der Waals surface area contributed by atoms with Gasteiger partial charge in [-0.25, -0.2) is 0 Å². The molecule has 0 unspecified atom stereocenters. The zero-order valence-corrected chi connectivity index (χ0v) is 12.0. The lowest BCUT2D eigenvalue weighted by Crippen LogP contribution is -2.43. The van der Waals surface area contributed by atoms with Crippen molar-refractivity contribution in [2.75, 3.05) is 19.7 Å². The number of benzene rings is 1. The number of ether oxygens (including phenoxy) is 1. The Bertz CT molecular complexity index is 394. The monoisotopic (exact) mass is 263 g/mol. The van der Waals surface area contributed by atoms with Gasteiger partial charge in [-0.15, -0.1) is 0 Å². The first kappa shape index (κ1) is 14.4. The van der Waals surface area contributed by atoms with Gasteiger partial charge in [-0.1, -0.05) is 18.6 Å². The minimum atomic E-state index is -0.416. The minimum Gasteiger partial charge on any atom is -0.491 e. The number of aliphatic hydroxyl groups excluding tert-OH is 1. The highest BCUT2D eigenvalue weighted by Gasteiger charge is 2.20. The average Bonchev–Trinajstić information content (AvgIpc) is 2.39. The van der Waals surface area contributed by atoms with Gasteiger partial charge in [0.15, 0.2) is 0 Å². The Morgan fingerprint density at radius 2 is 2.26 bits per heavy atom. The first-order valence-corrected chi connectivity index (χ1v) is 7.27. The Labute approximate surface area is 116 Å². The molecule has 0 spiro atoms. The molecule has 106 valence electrons. The van der Waals surface area contributed by atoms with Gasteiger partial charge in [0.1, 0.15) is 18.5 Å². The first-order valence-electron chi connectivity index (χ1n) is 7.27. The van der Waals surface area contributed by atoms with Crippen LogP contribution >= 0.6 is 0 Å². The third-order valence-electron chi connectivity index (χ3n) is 3.82. The third kappa shape index (κ3) is 4.51. The number of aliphatic hydroxyl groups is 1. The number of β-amino-alcohol motifs (C(OH)–C–C–N with tert-alkyl or cyclic N) is 1. The van der Waals surface area contributed by atoms with E-state index >= 15 is 0 Å². The molecular weight excluding hydrogens is 238 g/mol. The van der Waals surface area contributed by atoms with Crippen molar-refractivity contribution in [2.45, 2.75) is 45.3 Å². The number of nitrogens with zero attached hydrogens (tertiary/aromatic N) is 1. The van der Waals surface area contributed by atoms with E-state index in [9.17, 15) is 5.11 Å². The zero-order valence-electron chi connectivity index (χ0n) is 12.0. The van der Waals surface area contributed by atoms with E-state index in [0.717, 1.165) is 12.3 Å². The molecule has 3 heteroatoms. The van der Waals surface area contributed by atoms with E-state index in [1.54, 1.807) is 0 Å². The maximum Gasteiger partial charge on any atom is 0.119 e. The number of aryl methyl sites for hydroxylation is 1. The molecule has 1 aliphatic heterocycles. The molecule has 0 saturated carbocycles. The maximum absolute atomic E-state index is 10.1. The van der Waals surface area contributed by atoms with Gasteiger partial charge in [-0.2, -0.15) is 0 Å². The predicted molar refractivity (Wildman–Crippen MR) is 77.6 cm³/mol. The SMILES string of the molecule is Cc1cccc(OC[C@H](O)CN2CCCC[C@H]2C)c1. The molecule has 1 fully saturated rings. The third-order valence-corrected chi connectivity index (χ3v) is 3.82. The summed E-state index contributed by atoms with van der Waals surface area (Å²) in [7, 11) is 0. The number of hydrogen-bond acceptors (Lipinski definition) is 3. The predicted octanol–water partition coefficient (Wildman–Crippen LogP) is 2.61. The van der Waals surface area contributed by atoms with Crippen LogP contribution in [0.15, 0.2) is 24.3 Å². The number of hydrogen-bond donors (Lipinski definition) is 1. The molecule has 3 nitrogen and oxygen atoms in total. The average molecular weight is 263 g/mol. The molecule has 1 saturated heterocycles. The van der Waals surface area contributed by atoms with Crippen molar-refractivity contribution in [1.82, 2.24) is 4.90 Å². The molecular formula is C16H25NO2. The highest BCUT2D eigenvalue weighted by atomic mass is 16.5. The van der Waals surface area contributed by atoms with E-state index in [0.29, 0.717) is 19.2 Å². The second kappa shape index (κ2) is 6.92. The molecule has 1 N–H and O–H groups in total. The Hall–Kier alpha value is -1.06. The van der Waals surface area contributed by atoms with Crippen molar-refractivity contribution in [3.63, 3.8) is 0 Å². The molecule has 0 bridgehead atoms. The fourth-order valence-corrected chi connectivity index (χ4v) is 2.65. The van der Waals surface area contributed by atoms with Crippen molar-refractivity contribution in [1.29, 1.82) is 0 Å². The van der Waals surface area contributed by atoms with Crippen LogP contribution in [-0.4, -0.2) is 41.8 Å². The summed E-state index contributed by atoms with van der Waals surface area (Å²) in [6, 6.07) is 8.53. The van der Waals surface area contributed by atoms with Crippen LogP contribution in [0.4, 0.5) is 0 Å². The molecule has 2 atom stereocenters. The molecule has 1 aromatic rings. The Morgan fingerprint density at radius 3 is 3.00 bits per heavy atom. The highest BCUT2D eigenvalue weighted by molar-refractivity contribution is 5.27. The van der Waals surface area contributed by atoms with Crippen molar-refractivity contribution in [3.8, 4) is 5.75 Å². The molecule has 2 rings (SSSR count). The van der Waals surface area contributed by atoms with E-state index in [1.807, 2.05) is 31.2 Å². The zero-order chi connectivity index (χ0) is 13.7. The summed E-state index contributed by atoms with van der Waals surface area (Å²) in [5.41, 5.74) is 1.18. The van der Waals surface area contributed by atoms with E-state index in [2.05, 4.69) is 11.8 Å². The lowest BCUT2D eigenvalue weighted by atomic mass is 10.0. The van der Waals surface area contributed by atoms with Crippen LogP contribution in [0, 0.1) is 6.92 Å². The van der Waals surface area contributed by atoms with Crippen molar-refractivity contribution in [3.05, 3.63) is 29.8 Å². The Balaban J connectivity index is 1.76. The molecule has 0 aliphatic carbocycles. The molecule has 1 heterocycles. The van der Waals surface area contributed by atoms with Gasteiger partial charge in [0, 0.05) is 12.6 Å². The summed E-state index contributed by atoms with van der Waals surface area (Å²) in [5, 5.41) is 10.1. The molecule has 0 amide bonds. The number of piperidine rings is 1. The minimum absolute atomic E-state index is 0.368. The summed E-state index contributed by atoms with van der Waals surface area (Å²) in [4.78, 5) is 2.37. The largest absolute Gasteiger partial charge is 0.491 e. The molecule has 19 heavy (non-hydrogen) atoms. The van der Waals surface area contributed by atoms with Crippen LogP contribution in [0.1, 0.15) is 31.7 Å². The topological polar surface area (TPSA) is 32.7 Å². The van der Waals surface area contributed by atoms with Crippen molar-refractivity contribution in [2.24, 2.45) is 0 Å². The van der Waals surface area contributed by atoms with Crippen molar-refractivity contribution >= 4 is 0 Å². The first-order chi connectivity index (χ1) is 9.15. The van der Waals surface area contributed by atoms with Gasteiger partial charge in [-0.3, -0.25) is 4.90 Å². The standard InChI is InChI=1S/C16H25NO2/c1-13-6-5-8-16(10-13)19-12-15(18)11-17-9-4-3-7-14(17)2/h5-6,8,10,14-15,18H,3-4,7,9,11-12H2,1-2H3/t14-,15-/m1/s1. The normalized spacial score (nSPS) is 22.2. The lowest BCUT2D eigenvalue weighted by Gasteiger charge is -2.34. The maximum atomic E-state index is 10.1. The lowest BCUT2D eigenvalue weighted by molar-refractivity contribution is 0.0438. The Kier molecular flexibility index (Phi) is 5.23. The van der Waals surface area contributed by atoms with Crippen LogP contribution in [0.25, 0.3) is 0 Å². The van der Waals surface area contributed by atoms with Gasteiger partial charge in [0.25, 0.3) is 0 Å². The van der Waals surface area contributed by atoms with E-state index in [4.69, 9.17) is 4.74 Å². The Morgan fingerprint density at radius 1 is 1.42 bits per heavy atom. The van der Waals surface area contributed by atoms with Crippen LogP contribution in [0.3, 0.4) is 0 Å². The molecule has 1 aliphatic rings. The van der Waals surface area contributed by atoms with Crippen LogP contribution < -0.4 is 4.74 Å². The van der Waals surface area contributed by atoms with Crippen LogP contribution in [-0.2, 0) is 0 Å². The number of likely N-dealkylation sites (tertiary alicyclic amines) is 1. The van der Waals surface area contributed by atoms with Crippen LogP contribution in [0.2, 0.25) is 0 Å². The van der Waals surface area contributed by atoms with E-state index < -0.39 is 6.10 Å². The van der Waals surface area contributed by atoms with Gasteiger partial charge < -0.3 is 9.84 Å². The van der Waals surface area contributed by atoms with E-state index in [-0.39, 0.29) is 0 Å². The van der Waals surface area contributed by atoms with Crippen molar-refractivity contribution < 1.29 is 9.84 Å². The van der Waals surface area contributed by atoms with Crippen LogP contribution in [0.5, 0.6) is 5.75 Å². The second-order valence-corrected chi connectivity index (χ2v) is 5.62. The van der Waals surface area contributed by atoms with E-state index in [1.165, 1.54) is 24.8 Å².